The molecule has 366 valence electrons. The van der Waals surface area contributed by atoms with E-state index >= 15 is 0 Å². The summed E-state index contributed by atoms with van der Waals surface area (Å²) in [6.07, 6.45) is 0. The van der Waals surface area contributed by atoms with Gasteiger partial charge in [0.1, 0.15) is 23.0 Å². The summed E-state index contributed by atoms with van der Waals surface area (Å²) >= 11 is 0. The summed E-state index contributed by atoms with van der Waals surface area (Å²) in [5.41, 5.74) is 30.9. The maximum absolute atomic E-state index is 7.76. The fourth-order valence-electron chi connectivity index (χ4n) is 14.0. The van der Waals surface area contributed by atoms with Gasteiger partial charge in [0.05, 0.1) is 22.4 Å². The van der Waals surface area contributed by atoms with Gasteiger partial charge in [0.2, 0.25) is 0 Å². The third-order valence-electron chi connectivity index (χ3n) is 17.8. The first-order valence-corrected chi connectivity index (χ1v) is 27.4. The lowest BCUT2D eigenvalue weighted by molar-refractivity contribution is 0.472. The van der Waals surface area contributed by atoms with Crippen molar-refractivity contribution in [2.45, 2.75) is 41.5 Å². The standard InChI is InChI=1S/C72H50B2N2O2/c1-39-7-17-45(18-8-39)49-25-27-61-53(33-49)55-35-51(47-21-11-41(3)12-22-47)37-59-67(55)75(61)69-65-72(78-63-29-15-43(5)31-57(63)73(59)65)70-66-71(69)77-64-30-16-44(6)32-58(64)74(66)60-38-52(48-23-13-42(4)14-24-48)36-56-54-34-50(46-19-9-40(2)10-20-46)26-28-62(54)76(70)68(56)60/h7-38H,1-6H3. The zero-order valence-corrected chi connectivity index (χ0v) is 44.3. The Bertz CT molecular complexity index is 4520. The van der Waals surface area contributed by atoms with Crippen LogP contribution in [0.2, 0.25) is 0 Å². The number of aryl methyl sites for hydroxylation is 6. The molecule has 4 aliphatic rings. The van der Waals surface area contributed by atoms with Crippen molar-refractivity contribution in [3.05, 3.63) is 228 Å². The van der Waals surface area contributed by atoms with Crippen LogP contribution in [0, 0.1) is 41.5 Å². The van der Waals surface area contributed by atoms with Gasteiger partial charge >= 0.3 is 0 Å². The van der Waals surface area contributed by atoms with Gasteiger partial charge < -0.3 is 18.6 Å². The van der Waals surface area contributed by atoms with E-state index in [0.29, 0.717) is 0 Å². The minimum atomic E-state index is -0.182. The molecule has 17 rings (SSSR count). The average molecular weight is 997 g/mol. The Balaban J connectivity index is 1.06. The maximum Gasteiger partial charge on any atom is 0.256 e. The van der Waals surface area contributed by atoms with Crippen molar-refractivity contribution in [2.75, 3.05) is 0 Å². The smallest absolute Gasteiger partial charge is 0.256 e. The summed E-state index contributed by atoms with van der Waals surface area (Å²) in [7, 11) is 0. The minimum absolute atomic E-state index is 0.182. The third-order valence-corrected chi connectivity index (χ3v) is 17.8. The highest BCUT2D eigenvalue weighted by atomic mass is 16.5. The van der Waals surface area contributed by atoms with E-state index in [-0.39, 0.29) is 13.4 Å². The van der Waals surface area contributed by atoms with E-state index in [1.165, 1.54) is 132 Å². The highest BCUT2D eigenvalue weighted by Gasteiger charge is 2.50. The number of aromatic nitrogens is 2. The molecular weight excluding hydrogens is 946 g/mol. The fourth-order valence-corrected chi connectivity index (χ4v) is 14.0. The Morgan fingerprint density at radius 3 is 0.974 bits per heavy atom. The van der Waals surface area contributed by atoms with Gasteiger partial charge in [-0.05, 0) is 156 Å². The van der Waals surface area contributed by atoms with Gasteiger partial charge in [-0.1, -0.05) is 179 Å². The van der Waals surface area contributed by atoms with E-state index in [0.717, 1.165) is 56.3 Å². The molecule has 0 radical (unpaired) electrons. The van der Waals surface area contributed by atoms with Gasteiger partial charge in [0.25, 0.3) is 13.4 Å². The maximum atomic E-state index is 7.76. The largest absolute Gasteiger partial charge is 0.456 e. The predicted octanol–water partition coefficient (Wildman–Crippen LogP) is 14.3. The second kappa shape index (κ2) is 15.7. The summed E-state index contributed by atoms with van der Waals surface area (Å²) in [5.74, 6) is 3.56. The van der Waals surface area contributed by atoms with Crippen molar-refractivity contribution >= 4 is 89.8 Å². The predicted molar refractivity (Wildman–Crippen MR) is 328 cm³/mol. The molecule has 6 heteroatoms. The van der Waals surface area contributed by atoms with Crippen LogP contribution in [0.4, 0.5) is 0 Å². The molecule has 0 spiro atoms. The van der Waals surface area contributed by atoms with Crippen LogP contribution in [0.3, 0.4) is 0 Å². The fraction of sp³-hybridized carbons (Fsp3) is 0.0833. The van der Waals surface area contributed by atoms with Crippen LogP contribution in [0.1, 0.15) is 33.4 Å². The first-order chi connectivity index (χ1) is 38.1. The van der Waals surface area contributed by atoms with Crippen molar-refractivity contribution in [3.8, 4) is 78.9 Å². The van der Waals surface area contributed by atoms with E-state index in [4.69, 9.17) is 9.47 Å². The van der Waals surface area contributed by atoms with Gasteiger partial charge in [-0.2, -0.15) is 0 Å². The summed E-state index contributed by atoms with van der Waals surface area (Å²) in [6, 6.07) is 73.6. The number of hydrogen-bond acceptors (Lipinski definition) is 2. The van der Waals surface area contributed by atoms with E-state index in [1.807, 2.05) is 0 Å². The molecule has 0 aliphatic carbocycles. The summed E-state index contributed by atoms with van der Waals surface area (Å²) in [6.45, 7) is 12.7. The molecule has 0 saturated heterocycles. The van der Waals surface area contributed by atoms with Crippen LogP contribution < -0.4 is 42.3 Å². The first kappa shape index (κ1) is 43.9. The van der Waals surface area contributed by atoms with Gasteiger partial charge in [-0.25, -0.2) is 0 Å². The van der Waals surface area contributed by atoms with Gasteiger partial charge in [0, 0.05) is 43.5 Å². The quantitative estimate of drug-likeness (QED) is 0.164. The lowest BCUT2D eigenvalue weighted by Crippen LogP contribution is -2.63. The Kier molecular flexibility index (Phi) is 8.83. The van der Waals surface area contributed by atoms with Crippen molar-refractivity contribution in [3.63, 3.8) is 0 Å². The molecule has 0 saturated carbocycles. The topological polar surface area (TPSA) is 28.3 Å². The molecular formula is C72H50B2N2O2. The van der Waals surface area contributed by atoms with E-state index in [9.17, 15) is 0 Å². The third kappa shape index (κ3) is 6.03. The summed E-state index contributed by atoms with van der Waals surface area (Å²) < 4.78 is 20.7. The van der Waals surface area contributed by atoms with E-state index in [2.05, 4.69) is 245 Å². The van der Waals surface area contributed by atoms with Crippen LogP contribution in [0.25, 0.3) is 99.5 Å². The lowest BCUT2D eigenvalue weighted by Gasteiger charge is -2.41. The number of benzene rings is 11. The summed E-state index contributed by atoms with van der Waals surface area (Å²) in [4.78, 5) is 0. The molecule has 4 aliphatic heterocycles. The number of ether oxygens (including phenoxy) is 2. The van der Waals surface area contributed by atoms with Crippen molar-refractivity contribution in [2.24, 2.45) is 0 Å². The molecule has 0 amide bonds. The van der Waals surface area contributed by atoms with Crippen LogP contribution in [0.5, 0.6) is 23.0 Å². The van der Waals surface area contributed by atoms with Gasteiger partial charge in [0.15, 0.2) is 0 Å². The average Bonchev–Trinajstić information content (AvgIpc) is 3.40. The normalized spacial score (nSPS) is 13.2. The molecule has 0 N–H and O–H groups in total. The number of nitrogens with zero attached hydrogens (tertiary/aromatic N) is 2. The van der Waals surface area contributed by atoms with Crippen LogP contribution >= 0.6 is 0 Å². The van der Waals surface area contributed by atoms with Crippen molar-refractivity contribution in [1.29, 1.82) is 0 Å². The first-order valence-electron chi connectivity index (χ1n) is 27.4. The Morgan fingerprint density at radius 1 is 0.282 bits per heavy atom. The van der Waals surface area contributed by atoms with Crippen LogP contribution in [0.15, 0.2) is 194 Å². The zero-order chi connectivity index (χ0) is 52.0. The van der Waals surface area contributed by atoms with Crippen LogP contribution in [-0.2, 0) is 0 Å². The number of fused-ring (bicyclic) bond motifs is 16. The molecule has 0 fully saturated rings. The number of hydrogen-bond donors (Lipinski definition) is 0. The lowest BCUT2D eigenvalue weighted by atomic mass is 9.31. The van der Waals surface area contributed by atoms with E-state index < -0.39 is 0 Å². The van der Waals surface area contributed by atoms with E-state index in [1.54, 1.807) is 0 Å². The van der Waals surface area contributed by atoms with Crippen molar-refractivity contribution in [1.82, 2.24) is 9.13 Å². The molecule has 6 heterocycles. The highest BCUT2D eigenvalue weighted by molar-refractivity contribution is 7.02. The molecule has 78 heavy (non-hydrogen) atoms. The van der Waals surface area contributed by atoms with Crippen molar-refractivity contribution < 1.29 is 9.47 Å². The Morgan fingerprint density at radius 2 is 0.603 bits per heavy atom. The Labute approximate surface area is 453 Å². The molecule has 0 bridgehead atoms. The molecule has 4 nitrogen and oxygen atoms in total. The van der Waals surface area contributed by atoms with Gasteiger partial charge in [-0.3, -0.25) is 0 Å². The molecule has 0 atom stereocenters. The molecule has 13 aromatic rings. The highest BCUT2D eigenvalue weighted by Crippen LogP contribution is 2.50. The molecule has 2 aromatic heterocycles. The Hall–Kier alpha value is -9.25. The SMILES string of the molecule is Cc1ccc(-c2ccc3c(c2)c2cc(-c4ccc(C)cc4)cc4c2n3-c2c3c5c(c6c2B4c2cc(C)ccc2O6)-n2c4ccc(-c6ccc(C)cc6)cc4c4cc(-c6ccc(C)cc6)cc(c42)B5c2cc(C)ccc2O3)cc1. The second-order valence-corrected chi connectivity index (χ2v) is 22.9. The number of rotatable bonds is 4. The zero-order valence-electron chi connectivity index (χ0n) is 44.3. The molecule has 11 aromatic carbocycles. The second-order valence-electron chi connectivity index (χ2n) is 22.9. The summed E-state index contributed by atoms with van der Waals surface area (Å²) in [5, 5.41) is 4.87. The van der Waals surface area contributed by atoms with Crippen LogP contribution in [-0.4, -0.2) is 22.6 Å². The minimum Gasteiger partial charge on any atom is -0.456 e. The monoisotopic (exact) mass is 996 g/mol. The molecule has 0 unspecified atom stereocenters. The van der Waals surface area contributed by atoms with Gasteiger partial charge in [-0.15, -0.1) is 0 Å².